The molecule has 186 valence electrons. The van der Waals surface area contributed by atoms with Gasteiger partial charge in [-0.25, -0.2) is 0 Å². The summed E-state index contributed by atoms with van der Waals surface area (Å²) in [6.07, 6.45) is 5.26. The third kappa shape index (κ3) is 4.38. The first-order chi connectivity index (χ1) is 15.5. The first-order valence-corrected chi connectivity index (χ1v) is 12.1. The number of hydrogen-bond acceptors (Lipinski definition) is 6. The molecule has 0 aliphatic heterocycles. The van der Waals surface area contributed by atoms with Crippen LogP contribution in [0.1, 0.15) is 78.4 Å². The third-order valence-electron chi connectivity index (χ3n) is 8.51. The average molecular weight is 463 g/mol. The van der Waals surface area contributed by atoms with Crippen molar-refractivity contribution in [1.29, 1.82) is 0 Å². The van der Waals surface area contributed by atoms with Gasteiger partial charge in [0.1, 0.15) is 6.10 Å². The predicted molar refractivity (Wildman–Crippen MR) is 128 cm³/mol. The lowest BCUT2D eigenvalue weighted by molar-refractivity contribution is -0.171. The summed E-state index contributed by atoms with van der Waals surface area (Å²) < 4.78 is 29.2. The molecular weight excluding hydrogens is 420 g/mol. The van der Waals surface area contributed by atoms with E-state index in [0.29, 0.717) is 40.4 Å². The molecule has 33 heavy (non-hydrogen) atoms. The maximum absolute atomic E-state index is 12.5. The van der Waals surface area contributed by atoms with Gasteiger partial charge < -0.3 is 23.7 Å². The van der Waals surface area contributed by atoms with Crippen molar-refractivity contribution in [2.45, 2.75) is 72.8 Å². The standard InChI is InChI=1S/C27H42O6/c1-16-11-12-20-26(3,4)13-10-14-27(20,5)22(16)25(33-17(2)28)21-23(31-8)18(29-6)15-19(30-7)24(21)32-9/h15-16,20,22,25H,10-14H2,1-9H3/t16-,20-,22+,25?,27-/m0/s1. The SMILES string of the molecule is COc1cc(OC)c(OC)c(C(OC(C)=O)[C@H]2[C@@H](C)CC[C@H]3C(C)(C)CCC[C@]23C)c1OC. The Morgan fingerprint density at radius 1 is 0.939 bits per heavy atom. The number of benzene rings is 1. The minimum absolute atomic E-state index is 0.00582. The van der Waals surface area contributed by atoms with Gasteiger partial charge in [-0.3, -0.25) is 4.79 Å². The molecule has 0 N–H and O–H groups in total. The molecule has 6 nitrogen and oxygen atoms in total. The predicted octanol–water partition coefficient (Wildman–Crippen LogP) is 6.20. The van der Waals surface area contributed by atoms with E-state index in [1.807, 2.05) is 0 Å². The van der Waals surface area contributed by atoms with Crippen LogP contribution in [0.2, 0.25) is 0 Å². The molecule has 0 radical (unpaired) electrons. The van der Waals surface area contributed by atoms with E-state index < -0.39 is 6.10 Å². The summed E-state index contributed by atoms with van der Waals surface area (Å²) in [5.41, 5.74) is 0.937. The first kappa shape index (κ1) is 25.5. The van der Waals surface area contributed by atoms with Crippen molar-refractivity contribution in [3.63, 3.8) is 0 Å². The van der Waals surface area contributed by atoms with Crippen LogP contribution in [0, 0.1) is 28.6 Å². The monoisotopic (exact) mass is 462 g/mol. The minimum Gasteiger partial charge on any atom is -0.493 e. The second kappa shape index (κ2) is 9.63. The summed E-state index contributed by atoms with van der Waals surface area (Å²) in [6.45, 7) is 11.0. The Labute approximate surface area is 199 Å². The lowest BCUT2D eigenvalue weighted by atomic mass is 9.45. The highest BCUT2D eigenvalue weighted by Gasteiger charge is 2.57. The topological polar surface area (TPSA) is 63.2 Å². The number of fused-ring (bicyclic) bond motifs is 1. The van der Waals surface area contributed by atoms with Crippen LogP contribution in [-0.2, 0) is 9.53 Å². The summed E-state index contributed by atoms with van der Waals surface area (Å²) in [7, 11) is 6.41. The van der Waals surface area contributed by atoms with Crippen LogP contribution in [-0.4, -0.2) is 34.4 Å². The van der Waals surface area contributed by atoms with E-state index in [9.17, 15) is 4.79 Å². The van der Waals surface area contributed by atoms with Gasteiger partial charge in [0.2, 0.25) is 0 Å². The Hall–Kier alpha value is -2.11. The Morgan fingerprint density at radius 3 is 2.00 bits per heavy atom. The quantitative estimate of drug-likeness (QED) is 0.449. The molecular formula is C27H42O6. The fourth-order valence-corrected chi connectivity index (χ4v) is 7.28. The minimum atomic E-state index is -0.548. The number of esters is 1. The summed E-state index contributed by atoms with van der Waals surface area (Å²) in [4.78, 5) is 12.5. The molecule has 2 fully saturated rings. The highest BCUT2D eigenvalue weighted by Crippen LogP contribution is 2.65. The van der Waals surface area contributed by atoms with Crippen LogP contribution in [0.4, 0.5) is 0 Å². The van der Waals surface area contributed by atoms with E-state index in [-0.39, 0.29) is 22.7 Å². The molecule has 1 unspecified atom stereocenters. The summed E-state index contributed by atoms with van der Waals surface area (Å²) >= 11 is 0. The maximum atomic E-state index is 12.5. The molecule has 3 rings (SSSR count). The summed E-state index contributed by atoms with van der Waals surface area (Å²) in [5.74, 6) is 2.77. The van der Waals surface area contributed by atoms with Crippen LogP contribution in [0.3, 0.4) is 0 Å². The lowest BCUT2D eigenvalue weighted by Crippen LogP contribution is -2.53. The second-order valence-electron chi connectivity index (χ2n) is 10.8. The van der Waals surface area contributed by atoms with E-state index >= 15 is 0 Å². The third-order valence-corrected chi connectivity index (χ3v) is 8.51. The summed E-state index contributed by atoms with van der Waals surface area (Å²) in [6, 6.07) is 1.75. The van der Waals surface area contributed by atoms with Gasteiger partial charge in [-0.1, -0.05) is 34.1 Å². The molecule has 0 heterocycles. The number of rotatable bonds is 7. The number of carbonyl (C=O) groups is 1. The van der Waals surface area contributed by atoms with Gasteiger partial charge in [0, 0.05) is 18.9 Å². The van der Waals surface area contributed by atoms with Crippen LogP contribution >= 0.6 is 0 Å². The van der Waals surface area contributed by atoms with Crippen molar-refractivity contribution in [3.05, 3.63) is 11.6 Å². The van der Waals surface area contributed by atoms with Gasteiger partial charge in [-0.2, -0.15) is 0 Å². The Balaban J connectivity index is 2.30. The zero-order chi connectivity index (χ0) is 24.6. The normalized spacial score (nSPS) is 29.4. The van der Waals surface area contributed by atoms with Gasteiger partial charge in [0.25, 0.3) is 0 Å². The van der Waals surface area contributed by atoms with Crippen LogP contribution in [0.15, 0.2) is 6.07 Å². The lowest BCUT2D eigenvalue weighted by Gasteiger charge is -2.60. The number of hydrogen-bond donors (Lipinski definition) is 0. The van der Waals surface area contributed by atoms with Crippen molar-refractivity contribution in [2.24, 2.45) is 28.6 Å². The first-order valence-electron chi connectivity index (χ1n) is 12.1. The summed E-state index contributed by atoms with van der Waals surface area (Å²) in [5, 5.41) is 0. The molecule has 6 heteroatoms. The Bertz CT molecular complexity index is 832. The van der Waals surface area contributed by atoms with Crippen molar-refractivity contribution >= 4 is 5.97 Å². The fourth-order valence-electron chi connectivity index (χ4n) is 7.28. The Kier molecular flexibility index (Phi) is 7.45. The van der Waals surface area contributed by atoms with Gasteiger partial charge >= 0.3 is 5.97 Å². The average Bonchev–Trinajstić information content (AvgIpc) is 2.75. The van der Waals surface area contributed by atoms with Gasteiger partial charge in [-0.15, -0.1) is 0 Å². The van der Waals surface area contributed by atoms with Gasteiger partial charge in [0.05, 0.1) is 34.0 Å². The van der Waals surface area contributed by atoms with E-state index in [4.69, 9.17) is 23.7 Å². The molecule has 0 spiro atoms. The number of ether oxygens (including phenoxy) is 5. The molecule has 0 saturated heterocycles. The number of methoxy groups -OCH3 is 4. The zero-order valence-corrected chi connectivity index (χ0v) is 21.9. The molecule has 1 aromatic carbocycles. The van der Waals surface area contributed by atoms with E-state index in [1.54, 1.807) is 34.5 Å². The fraction of sp³-hybridized carbons (Fsp3) is 0.741. The molecule has 2 aliphatic rings. The van der Waals surface area contributed by atoms with E-state index in [1.165, 1.54) is 26.2 Å². The van der Waals surface area contributed by atoms with E-state index in [2.05, 4.69) is 27.7 Å². The maximum Gasteiger partial charge on any atom is 0.303 e. The molecule has 1 aromatic rings. The second-order valence-corrected chi connectivity index (χ2v) is 10.8. The smallest absolute Gasteiger partial charge is 0.303 e. The number of carbonyl (C=O) groups excluding carboxylic acids is 1. The van der Waals surface area contributed by atoms with Crippen molar-refractivity contribution < 1.29 is 28.5 Å². The van der Waals surface area contributed by atoms with Crippen LogP contribution in [0.25, 0.3) is 0 Å². The molecule has 0 amide bonds. The molecule has 2 aliphatic carbocycles. The van der Waals surface area contributed by atoms with Crippen LogP contribution in [0.5, 0.6) is 23.0 Å². The highest BCUT2D eigenvalue weighted by atomic mass is 16.6. The molecule has 5 atom stereocenters. The molecule has 2 saturated carbocycles. The van der Waals surface area contributed by atoms with Gasteiger partial charge in [0.15, 0.2) is 23.0 Å². The Morgan fingerprint density at radius 2 is 1.52 bits per heavy atom. The van der Waals surface area contributed by atoms with Crippen molar-refractivity contribution in [1.82, 2.24) is 0 Å². The van der Waals surface area contributed by atoms with Crippen molar-refractivity contribution in [3.8, 4) is 23.0 Å². The van der Waals surface area contributed by atoms with E-state index in [0.717, 1.165) is 12.8 Å². The molecule has 0 aromatic heterocycles. The van der Waals surface area contributed by atoms with Gasteiger partial charge in [-0.05, 0) is 48.3 Å². The molecule has 0 bridgehead atoms. The van der Waals surface area contributed by atoms with Crippen molar-refractivity contribution in [2.75, 3.05) is 28.4 Å². The highest BCUT2D eigenvalue weighted by molar-refractivity contribution is 5.68. The zero-order valence-electron chi connectivity index (χ0n) is 21.9. The van der Waals surface area contributed by atoms with Crippen LogP contribution < -0.4 is 18.9 Å². The largest absolute Gasteiger partial charge is 0.493 e.